The van der Waals surface area contributed by atoms with Gasteiger partial charge in [-0.25, -0.2) is 0 Å². The topological polar surface area (TPSA) is 49.8 Å². The number of ether oxygens (including phenoxy) is 1. The lowest BCUT2D eigenvalue weighted by atomic mass is 10.0. The van der Waals surface area contributed by atoms with Crippen molar-refractivity contribution in [3.8, 4) is 0 Å². The van der Waals surface area contributed by atoms with Gasteiger partial charge in [0, 0.05) is 12.6 Å². The van der Waals surface area contributed by atoms with Crippen LogP contribution in [0.1, 0.15) is 26.7 Å². The number of likely N-dealkylation sites (tertiary alicyclic amines) is 1. The molecular formula is C11H19NO3. The number of carbonyl (C=O) groups is 1. The third-order valence-electron chi connectivity index (χ3n) is 3.75. The van der Waals surface area contributed by atoms with Gasteiger partial charge in [0.25, 0.3) is 0 Å². The molecule has 4 nitrogen and oxygen atoms in total. The highest BCUT2D eigenvalue weighted by atomic mass is 16.5. The average molecular weight is 213 g/mol. The van der Waals surface area contributed by atoms with Crippen LogP contribution in [0.5, 0.6) is 0 Å². The molecule has 0 aromatic rings. The fraction of sp³-hybridized carbons (Fsp3) is 0.909. The number of rotatable bonds is 2. The van der Waals surface area contributed by atoms with E-state index < -0.39 is 5.97 Å². The van der Waals surface area contributed by atoms with Crippen molar-refractivity contribution in [3.63, 3.8) is 0 Å². The summed E-state index contributed by atoms with van der Waals surface area (Å²) in [5.41, 5.74) is 0. The minimum Gasteiger partial charge on any atom is -0.480 e. The monoisotopic (exact) mass is 213 g/mol. The first-order valence-corrected chi connectivity index (χ1v) is 5.71. The number of carboxylic acids is 1. The van der Waals surface area contributed by atoms with Gasteiger partial charge in [-0.15, -0.1) is 0 Å². The van der Waals surface area contributed by atoms with Crippen LogP contribution in [-0.2, 0) is 9.53 Å². The van der Waals surface area contributed by atoms with E-state index in [1.807, 2.05) is 13.8 Å². The predicted octanol–water partition coefficient (Wildman–Crippen LogP) is 0.959. The third kappa shape index (κ3) is 1.88. The van der Waals surface area contributed by atoms with E-state index in [1.54, 1.807) is 0 Å². The summed E-state index contributed by atoms with van der Waals surface area (Å²) in [6.07, 6.45) is 2.13. The van der Waals surface area contributed by atoms with E-state index >= 15 is 0 Å². The lowest BCUT2D eigenvalue weighted by Gasteiger charge is -2.30. The Labute approximate surface area is 90.2 Å². The molecular weight excluding hydrogens is 194 g/mol. The molecule has 2 rings (SSSR count). The molecule has 0 spiro atoms. The maximum atomic E-state index is 11.2. The van der Waals surface area contributed by atoms with Gasteiger partial charge in [-0.2, -0.15) is 0 Å². The van der Waals surface area contributed by atoms with Crippen LogP contribution in [0.15, 0.2) is 0 Å². The molecule has 4 unspecified atom stereocenters. The molecule has 0 aliphatic carbocycles. The van der Waals surface area contributed by atoms with Gasteiger partial charge in [0.15, 0.2) is 0 Å². The van der Waals surface area contributed by atoms with E-state index in [0.717, 1.165) is 26.0 Å². The van der Waals surface area contributed by atoms with Crippen LogP contribution in [-0.4, -0.2) is 47.3 Å². The van der Waals surface area contributed by atoms with Gasteiger partial charge in [-0.05, 0) is 32.2 Å². The van der Waals surface area contributed by atoms with Gasteiger partial charge in [-0.1, -0.05) is 6.92 Å². The second-order valence-corrected chi connectivity index (χ2v) is 4.72. The Kier molecular flexibility index (Phi) is 2.98. The Morgan fingerprint density at radius 2 is 2.13 bits per heavy atom. The highest BCUT2D eigenvalue weighted by Crippen LogP contribution is 2.31. The Morgan fingerprint density at radius 1 is 1.40 bits per heavy atom. The molecule has 0 aromatic heterocycles. The number of hydrogen-bond donors (Lipinski definition) is 1. The highest BCUT2D eigenvalue weighted by molar-refractivity contribution is 5.74. The molecule has 4 atom stereocenters. The van der Waals surface area contributed by atoms with E-state index in [4.69, 9.17) is 4.74 Å². The molecule has 4 heteroatoms. The second kappa shape index (κ2) is 4.10. The number of nitrogens with zero attached hydrogens (tertiary/aromatic N) is 1. The van der Waals surface area contributed by atoms with Crippen LogP contribution in [0.3, 0.4) is 0 Å². The number of hydrogen-bond acceptors (Lipinski definition) is 3. The molecule has 15 heavy (non-hydrogen) atoms. The van der Waals surface area contributed by atoms with Crippen molar-refractivity contribution in [2.24, 2.45) is 5.92 Å². The Balaban J connectivity index is 2.11. The van der Waals surface area contributed by atoms with Gasteiger partial charge in [-0.3, -0.25) is 9.69 Å². The minimum absolute atomic E-state index is 0.178. The van der Waals surface area contributed by atoms with E-state index in [9.17, 15) is 9.90 Å². The third-order valence-corrected chi connectivity index (χ3v) is 3.75. The maximum Gasteiger partial charge on any atom is 0.321 e. The van der Waals surface area contributed by atoms with Crippen LogP contribution in [0.4, 0.5) is 0 Å². The fourth-order valence-electron chi connectivity index (χ4n) is 2.89. The summed E-state index contributed by atoms with van der Waals surface area (Å²) >= 11 is 0. The van der Waals surface area contributed by atoms with Crippen molar-refractivity contribution < 1.29 is 14.6 Å². The summed E-state index contributed by atoms with van der Waals surface area (Å²) < 4.78 is 5.51. The van der Waals surface area contributed by atoms with Crippen molar-refractivity contribution in [2.45, 2.75) is 44.9 Å². The molecule has 0 amide bonds. The first kappa shape index (κ1) is 10.9. The Hall–Kier alpha value is -0.610. The fourth-order valence-corrected chi connectivity index (χ4v) is 2.89. The summed E-state index contributed by atoms with van der Waals surface area (Å²) in [7, 11) is 0. The molecule has 2 aliphatic rings. The molecule has 1 N–H and O–H groups in total. The molecule has 86 valence electrons. The smallest absolute Gasteiger partial charge is 0.321 e. The quantitative estimate of drug-likeness (QED) is 0.742. The molecule has 0 aromatic carbocycles. The summed E-state index contributed by atoms with van der Waals surface area (Å²) in [5, 5.41) is 9.22. The largest absolute Gasteiger partial charge is 0.480 e. The zero-order valence-electron chi connectivity index (χ0n) is 9.35. The highest BCUT2D eigenvalue weighted by Gasteiger charge is 2.43. The number of carboxylic acid groups (broad SMARTS) is 1. The second-order valence-electron chi connectivity index (χ2n) is 4.72. The van der Waals surface area contributed by atoms with Crippen LogP contribution in [0, 0.1) is 5.92 Å². The lowest BCUT2D eigenvalue weighted by molar-refractivity contribution is -0.144. The van der Waals surface area contributed by atoms with Crippen LogP contribution < -0.4 is 0 Å². The zero-order valence-corrected chi connectivity index (χ0v) is 9.35. The van der Waals surface area contributed by atoms with E-state index in [2.05, 4.69) is 4.90 Å². The summed E-state index contributed by atoms with van der Waals surface area (Å²) in [6, 6.07) is -0.00444. The van der Waals surface area contributed by atoms with E-state index in [0.29, 0.717) is 6.04 Å². The molecule has 2 heterocycles. The first-order valence-electron chi connectivity index (χ1n) is 5.71. The van der Waals surface area contributed by atoms with Crippen molar-refractivity contribution in [1.29, 1.82) is 0 Å². The summed E-state index contributed by atoms with van der Waals surface area (Å²) in [4.78, 5) is 13.3. The molecule has 2 saturated heterocycles. The zero-order chi connectivity index (χ0) is 11.0. The minimum atomic E-state index is -0.681. The van der Waals surface area contributed by atoms with Gasteiger partial charge in [0.2, 0.25) is 0 Å². The van der Waals surface area contributed by atoms with E-state index in [-0.39, 0.29) is 18.1 Å². The Morgan fingerprint density at radius 3 is 2.67 bits per heavy atom. The maximum absolute atomic E-state index is 11.2. The summed E-state index contributed by atoms with van der Waals surface area (Å²) in [5.74, 6) is -0.422. The van der Waals surface area contributed by atoms with Crippen molar-refractivity contribution in [2.75, 3.05) is 13.2 Å². The van der Waals surface area contributed by atoms with Gasteiger partial charge in [0.1, 0.15) is 6.04 Å². The number of aliphatic carboxylic acids is 1. The standard InChI is InChI=1S/C11H19NO3/c1-7-3-5-12(10(7)11(13)14)9-4-6-15-8(9)2/h7-10H,3-6H2,1-2H3,(H,13,14). The van der Waals surface area contributed by atoms with Crippen molar-refractivity contribution >= 4 is 5.97 Å². The van der Waals surface area contributed by atoms with Crippen molar-refractivity contribution in [1.82, 2.24) is 4.90 Å². The van der Waals surface area contributed by atoms with Crippen LogP contribution in [0.25, 0.3) is 0 Å². The predicted molar refractivity (Wildman–Crippen MR) is 55.7 cm³/mol. The normalized spacial score (nSPS) is 42.3. The van der Waals surface area contributed by atoms with Gasteiger partial charge >= 0.3 is 5.97 Å². The van der Waals surface area contributed by atoms with E-state index in [1.165, 1.54) is 0 Å². The lowest BCUT2D eigenvalue weighted by Crippen LogP contribution is -2.47. The van der Waals surface area contributed by atoms with Gasteiger partial charge < -0.3 is 9.84 Å². The SMILES string of the molecule is CC1CCN(C2CCOC2C)C1C(=O)O. The molecule has 0 saturated carbocycles. The van der Waals surface area contributed by atoms with Gasteiger partial charge in [0.05, 0.1) is 6.10 Å². The molecule has 2 aliphatic heterocycles. The van der Waals surface area contributed by atoms with Crippen LogP contribution in [0.2, 0.25) is 0 Å². The van der Waals surface area contributed by atoms with Crippen LogP contribution >= 0.6 is 0 Å². The molecule has 0 radical (unpaired) electrons. The Bertz CT molecular complexity index is 256. The first-order chi connectivity index (χ1) is 7.11. The summed E-state index contributed by atoms with van der Waals surface area (Å²) in [6.45, 7) is 5.73. The van der Waals surface area contributed by atoms with Crippen molar-refractivity contribution in [3.05, 3.63) is 0 Å². The molecule has 0 bridgehead atoms. The average Bonchev–Trinajstić information content (AvgIpc) is 2.71. The molecule has 2 fully saturated rings.